The summed E-state index contributed by atoms with van der Waals surface area (Å²) in [6.45, 7) is 0. The third-order valence-corrected chi connectivity index (χ3v) is 3.24. The normalized spacial score (nSPS) is 16.1. The number of rotatable bonds is 6. The second-order valence-corrected chi connectivity index (χ2v) is 5.05. The second kappa shape index (κ2) is 6.34. The van der Waals surface area contributed by atoms with Crippen LogP contribution in [0.5, 0.6) is 0 Å². The van der Waals surface area contributed by atoms with Crippen LogP contribution in [-0.4, -0.2) is 23.0 Å². The summed E-state index contributed by atoms with van der Waals surface area (Å²) in [5.41, 5.74) is 7.27. The van der Waals surface area contributed by atoms with Crippen molar-refractivity contribution < 1.29 is 14.7 Å². The number of amides is 1. The van der Waals surface area contributed by atoms with Crippen molar-refractivity contribution in [2.24, 2.45) is 11.7 Å². The van der Waals surface area contributed by atoms with Crippen LogP contribution in [0.2, 0.25) is 0 Å². The molecule has 1 saturated carbocycles. The zero-order valence-corrected chi connectivity index (χ0v) is 11.1. The number of benzene rings is 1. The molecule has 4 N–H and O–H groups in total. The minimum Gasteiger partial charge on any atom is -0.478 e. The van der Waals surface area contributed by atoms with Crippen LogP contribution < -0.4 is 11.1 Å². The number of anilines is 1. The van der Waals surface area contributed by atoms with Crippen molar-refractivity contribution in [3.63, 3.8) is 0 Å². The molecular formula is C15H18N2O3. The molecular weight excluding hydrogens is 256 g/mol. The third kappa shape index (κ3) is 4.51. The molecule has 0 heterocycles. The molecule has 0 saturated heterocycles. The fraction of sp³-hybridized carbons (Fsp3) is 0.333. The van der Waals surface area contributed by atoms with Gasteiger partial charge in [-0.3, -0.25) is 4.79 Å². The first kappa shape index (κ1) is 14.3. The molecule has 106 valence electrons. The first-order valence-corrected chi connectivity index (χ1v) is 6.61. The molecule has 20 heavy (non-hydrogen) atoms. The predicted molar refractivity (Wildman–Crippen MR) is 77.1 cm³/mol. The van der Waals surface area contributed by atoms with Gasteiger partial charge in [0.2, 0.25) is 5.91 Å². The van der Waals surface area contributed by atoms with Crippen molar-refractivity contribution in [1.29, 1.82) is 0 Å². The zero-order chi connectivity index (χ0) is 14.5. The average Bonchev–Trinajstić information content (AvgIpc) is 3.20. The molecule has 0 bridgehead atoms. The lowest BCUT2D eigenvalue weighted by Crippen LogP contribution is -2.28. The molecule has 1 aromatic carbocycles. The second-order valence-electron chi connectivity index (χ2n) is 5.05. The van der Waals surface area contributed by atoms with Crippen molar-refractivity contribution in [1.82, 2.24) is 0 Å². The molecule has 1 aromatic rings. The van der Waals surface area contributed by atoms with Gasteiger partial charge >= 0.3 is 5.97 Å². The maximum absolute atomic E-state index is 11.8. The van der Waals surface area contributed by atoms with Gasteiger partial charge in [0.15, 0.2) is 0 Å². The number of hydrogen-bond donors (Lipinski definition) is 3. The van der Waals surface area contributed by atoms with E-state index in [-0.39, 0.29) is 11.9 Å². The van der Waals surface area contributed by atoms with Crippen molar-refractivity contribution >= 4 is 23.6 Å². The van der Waals surface area contributed by atoms with Crippen molar-refractivity contribution in [2.75, 3.05) is 5.32 Å². The average molecular weight is 274 g/mol. The number of aliphatic carboxylic acids is 1. The van der Waals surface area contributed by atoms with Gasteiger partial charge in [0, 0.05) is 24.2 Å². The molecule has 1 aliphatic rings. The monoisotopic (exact) mass is 274 g/mol. The largest absolute Gasteiger partial charge is 0.478 e. The van der Waals surface area contributed by atoms with Crippen LogP contribution in [0.4, 0.5) is 5.69 Å². The number of carbonyl (C=O) groups is 2. The van der Waals surface area contributed by atoms with Gasteiger partial charge in [0.05, 0.1) is 0 Å². The van der Waals surface area contributed by atoms with E-state index in [0.717, 1.165) is 24.5 Å². The smallest absolute Gasteiger partial charge is 0.328 e. The van der Waals surface area contributed by atoms with E-state index in [4.69, 9.17) is 10.8 Å². The lowest BCUT2D eigenvalue weighted by Gasteiger charge is -2.10. The van der Waals surface area contributed by atoms with E-state index in [0.29, 0.717) is 18.0 Å². The standard InChI is InChI=1S/C15H18N2O3/c16-13(11-5-6-11)9-14(18)17-12-3-1-2-10(8-12)4-7-15(19)20/h1-4,7-8,11,13H,5-6,9,16H2,(H,17,18)(H,19,20)/b7-4+. The molecule has 1 atom stereocenters. The highest BCUT2D eigenvalue weighted by atomic mass is 16.4. The van der Waals surface area contributed by atoms with Gasteiger partial charge in [0.25, 0.3) is 0 Å². The number of carboxylic acids is 1. The molecule has 0 aromatic heterocycles. The first-order chi connectivity index (χ1) is 9.54. The third-order valence-electron chi connectivity index (χ3n) is 3.24. The van der Waals surface area contributed by atoms with Gasteiger partial charge < -0.3 is 16.2 Å². The van der Waals surface area contributed by atoms with Crippen molar-refractivity contribution in [3.05, 3.63) is 35.9 Å². The van der Waals surface area contributed by atoms with Crippen LogP contribution in [0.15, 0.2) is 30.3 Å². The molecule has 0 spiro atoms. The summed E-state index contributed by atoms with van der Waals surface area (Å²) >= 11 is 0. The topological polar surface area (TPSA) is 92.4 Å². The maximum atomic E-state index is 11.8. The Bertz CT molecular complexity index is 536. The van der Waals surface area contributed by atoms with Gasteiger partial charge in [0.1, 0.15) is 0 Å². The van der Waals surface area contributed by atoms with E-state index in [1.807, 2.05) is 0 Å². The lowest BCUT2D eigenvalue weighted by atomic mass is 10.1. The first-order valence-electron chi connectivity index (χ1n) is 6.61. The highest BCUT2D eigenvalue weighted by Crippen LogP contribution is 2.32. The predicted octanol–water partition coefficient (Wildman–Crippen LogP) is 1.85. The Balaban J connectivity index is 1.93. The fourth-order valence-electron chi connectivity index (χ4n) is 2.00. The van der Waals surface area contributed by atoms with Gasteiger partial charge in [-0.2, -0.15) is 0 Å². The fourth-order valence-corrected chi connectivity index (χ4v) is 2.00. The number of carboxylic acid groups (broad SMARTS) is 1. The number of hydrogen-bond acceptors (Lipinski definition) is 3. The summed E-state index contributed by atoms with van der Waals surface area (Å²) in [5.74, 6) is -0.621. The number of nitrogens with two attached hydrogens (primary N) is 1. The van der Waals surface area contributed by atoms with Crippen LogP contribution in [-0.2, 0) is 9.59 Å². The zero-order valence-electron chi connectivity index (χ0n) is 11.1. The van der Waals surface area contributed by atoms with Crippen LogP contribution in [0.1, 0.15) is 24.8 Å². The maximum Gasteiger partial charge on any atom is 0.328 e. The van der Waals surface area contributed by atoms with E-state index in [9.17, 15) is 9.59 Å². The summed E-state index contributed by atoms with van der Waals surface area (Å²) in [6.07, 6.45) is 5.09. The molecule has 0 radical (unpaired) electrons. The minimum absolute atomic E-state index is 0.0647. The Morgan fingerprint density at radius 1 is 1.45 bits per heavy atom. The Labute approximate surface area is 117 Å². The van der Waals surface area contributed by atoms with E-state index in [1.165, 1.54) is 6.08 Å². The van der Waals surface area contributed by atoms with Gasteiger partial charge in [-0.15, -0.1) is 0 Å². The minimum atomic E-state index is -1.00. The molecule has 5 nitrogen and oxygen atoms in total. The van der Waals surface area contributed by atoms with E-state index in [2.05, 4.69) is 5.32 Å². The van der Waals surface area contributed by atoms with Crippen molar-refractivity contribution in [2.45, 2.75) is 25.3 Å². The molecule has 1 amide bonds. The molecule has 1 fully saturated rings. The van der Waals surface area contributed by atoms with Crippen LogP contribution in [0, 0.1) is 5.92 Å². The molecule has 1 unspecified atom stereocenters. The van der Waals surface area contributed by atoms with Crippen LogP contribution >= 0.6 is 0 Å². The summed E-state index contributed by atoms with van der Waals surface area (Å²) in [4.78, 5) is 22.3. The summed E-state index contributed by atoms with van der Waals surface area (Å²) in [5, 5.41) is 11.4. The summed E-state index contributed by atoms with van der Waals surface area (Å²) in [7, 11) is 0. The van der Waals surface area contributed by atoms with Crippen LogP contribution in [0.25, 0.3) is 6.08 Å². The van der Waals surface area contributed by atoms with Crippen LogP contribution in [0.3, 0.4) is 0 Å². The Morgan fingerprint density at radius 2 is 2.20 bits per heavy atom. The Kier molecular flexibility index (Phi) is 4.53. The van der Waals surface area contributed by atoms with Gasteiger partial charge in [-0.1, -0.05) is 12.1 Å². The highest BCUT2D eigenvalue weighted by Gasteiger charge is 2.29. The highest BCUT2D eigenvalue weighted by molar-refractivity contribution is 5.91. The van der Waals surface area contributed by atoms with Gasteiger partial charge in [-0.25, -0.2) is 4.79 Å². The Morgan fingerprint density at radius 3 is 2.85 bits per heavy atom. The van der Waals surface area contributed by atoms with E-state index in [1.54, 1.807) is 24.3 Å². The molecule has 5 heteroatoms. The van der Waals surface area contributed by atoms with E-state index < -0.39 is 5.97 Å². The van der Waals surface area contributed by atoms with Gasteiger partial charge in [-0.05, 0) is 42.5 Å². The SMILES string of the molecule is NC(CC(=O)Nc1cccc(/C=C/C(=O)O)c1)C1CC1. The quantitative estimate of drug-likeness (QED) is 0.690. The number of nitrogens with one attached hydrogen (secondary N) is 1. The number of carbonyl (C=O) groups excluding carboxylic acids is 1. The molecule has 0 aliphatic heterocycles. The molecule has 1 aliphatic carbocycles. The molecule has 2 rings (SSSR count). The van der Waals surface area contributed by atoms with E-state index >= 15 is 0 Å². The lowest BCUT2D eigenvalue weighted by molar-refractivity contribution is -0.131. The Hall–Kier alpha value is -2.14. The summed E-state index contributed by atoms with van der Waals surface area (Å²) in [6, 6.07) is 6.95. The van der Waals surface area contributed by atoms with Crippen molar-refractivity contribution in [3.8, 4) is 0 Å². The summed E-state index contributed by atoms with van der Waals surface area (Å²) < 4.78 is 0.